The molecule has 0 aromatic rings. The summed E-state index contributed by atoms with van der Waals surface area (Å²) in [4.78, 5) is 0. The highest BCUT2D eigenvalue weighted by atomic mass is 32.2. The van der Waals surface area contributed by atoms with Crippen LogP contribution in [0.3, 0.4) is 0 Å². The van der Waals surface area contributed by atoms with E-state index in [9.17, 15) is 21.6 Å². The van der Waals surface area contributed by atoms with Gasteiger partial charge < -0.3 is 4.18 Å². The van der Waals surface area contributed by atoms with Gasteiger partial charge in [-0.05, 0) is 25.3 Å². The van der Waals surface area contributed by atoms with E-state index in [4.69, 9.17) is 0 Å². The summed E-state index contributed by atoms with van der Waals surface area (Å²) in [6.07, 6.45) is 5.24. The molecule has 0 heterocycles. The molecule has 0 bridgehead atoms. The molecule has 0 N–H and O–H groups in total. The highest BCUT2D eigenvalue weighted by Crippen LogP contribution is 2.27. The Hall–Kier alpha value is -0.720. The van der Waals surface area contributed by atoms with Crippen molar-refractivity contribution in [1.29, 1.82) is 0 Å². The summed E-state index contributed by atoms with van der Waals surface area (Å²) < 4.78 is 61.5. The SMILES string of the molecule is CCCCCC(C)/C=C(\C)OS(=O)(=O)C(F)(F)F. The number of hydrogen-bond donors (Lipinski definition) is 0. The Balaban J connectivity index is 4.44. The third-order valence-corrected chi connectivity index (χ3v) is 3.36. The molecule has 18 heavy (non-hydrogen) atoms. The molecule has 0 rings (SSSR count). The zero-order valence-electron chi connectivity index (χ0n) is 10.8. The summed E-state index contributed by atoms with van der Waals surface area (Å²) >= 11 is 0. The summed E-state index contributed by atoms with van der Waals surface area (Å²) in [7, 11) is -5.54. The van der Waals surface area contributed by atoms with Crippen LogP contribution in [0.4, 0.5) is 13.2 Å². The summed E-state index contributed by atoms with van der Waals surface area (Å²) in [6.45, 7) is 5.06. The van der Waals surface area contributed by atoms with Crippen LogP contribution >= 0.6 is 0 Å². The predicted molar refractivity (Wildman–Crippen MR) is 63.1 cm³/mol. The molecule has 0 fully saturated rings. The molecule has 3 nitrogen and oxygen atoms in total. The summed E-state index contributed by atoms with van der Waals surface area (Å²) in [5, 5.41) is 0. The maximum atomic E-state index is 12.0. The fraction of sp³-hybridized carbons (Fsp3) is 0.818. The van der Waals surface area contributed by atoms with E-state index < -0.39 is 15.6 Å². The van der Waals surface area contributed by atoms with Gasteiger partial charge in [0.15, 0.2) is 0 Å². The first-order valence-corrected chi connectivity index (χ1v) is 7.20. The molecule has 0 aliphatic heterocycles. The van der Waals surface area contributed by atoms with E-state index in [1.165, 1.54) is 13.0 Å². The minimum absolute atomic E-state index is 0.0139. The number of rotatable bonds is 7. The smallest absolute Gasteiger partial charge is 0.381 e. The molecule has 0 aromatic heterocycles. The number of allylic oxidation sites excluding steroid dienone is 2. The summed E-state index contributed by atoms with van der Waals surface area (Å²) in [5.74, 6) is -0.253. The zero-order valence-corrected chi connectivity index (χ0v) is 11.6. The molecular formula is C11H19F3O3S. The Morgan fingerprint density at radius 2 is 1.89 bits per heavy atom. The lowest BCUT2D eigenvalue weighted by Gasteiger charge is -2.11. The molecule has 0 aliphatic rings. The Bertz CT molecular complexity index is 371. The third-order valence-electron chi connectivity index (χ3n) is 2.31. The normalized spacial score (nSPS) is 15.6. The molecule has 0 aliphatic carbocycles. The lowest BCUT2D eigenvalue weighted by atomic mass is 10.0. The highest BCUT2D eigenvalue weighted by Gasteiger charge is 2.48. The van der Waals surface area contributed by atoms with E-state index in [2.05, 4.69) is 4.18 Å². The van der Waals surface area contributed by atoms with E-state index in [1.807, 2.05) is 13.8 Å². The molecule has 0 saturated heterocycles. The van der Waals surface area contributed by atoms with Gasteiger partial charge in [0.1, 0.15) is 5.76 Å². The first-order valence-electron chi connectivity index (χ1n) is 5.79. The van der Waals surface area contributed by atoms with Crippen LogP contribution in [-0.2, 0) is 14.3 Å². The van der Waals surface area contributed by atoms with Crippen molar-refractivity contribution in [3.8, 4) is 0 Å². The van der Waals surface area contributed by atoms with Crippen LogP contribution in [0, 0.1) is 5.92 Å². The van der Waals surface area contributed by atoms with Crippen LogP contribution in [0.2, 0.25) is 0 Å². The lowest BCUT2D eigenvalue weighted by Crippen LogP contribution is -2.25. The Morgan fingerprint density at radius 1 is 1.33 bits per heavy atom. The number of alkyl halides is 3. The monoisotopic (exact) mass is 288 g/mol. The van der Waals surface area contributed by atoms with Crippen molar-refractivity contribution in [3.63, 3.8) is 0 Å². The van der Waals surface area contributed by atoms with Crippen LogP contribution in [0.25, 0.3) is 0 Å². The fourth-order valence-corrected chi connectivity index (χ4v) is 1.94. The van der Waals surface area contributed by atoms with Crippen molar-refractivity contribution < 1.29 is 25.8 Å². The van der Waals surface area contributed by atoms with Crippen LogP contribution in [0.1, 0.15) is 46.5 Å². The Kier molecular flexibility index (Phi) is 6.73. The van der Waals surface area contributed by atoms with Crippen LogP contribution in [-0.4, -0.2) is 13.9 Å². The second kappa shape index (κ2) is 7.01. The summed E-state index contributed by atoms with van der Waals surface area (Å²) in [5.41, 5.74) is -5.38. The molecule has 7 heteroatoms. The average molecular weight is 288 g/mol. The first kappa shape index (κ1) is 17.3. The van der Waals surface area contributed by atoms with Gasteiger partial charge in [-0.25, -0.2) is 0 Å². The van der Waals surface area contributed by atoms with Gasteiger partial charge in [-0.3, -0.25) is 0 Å². The quantitative estimate of drug-likeness (QED) is 0.308. The number of hydrogen-bond acceptors (Lipinski definition) is 3. The minimum Gasteiger partial charge on any atom is -0.381 e. The van der Waals surface area contributed by atoms with Crippen LogP contribution in [0.15, 0.2) is 11.8 Å². The van der Waals surface area contributed by atoms with Gasteiger partial charge in [0.25, 0.3) is 0 Å². The molecular weight excluding hydrogens is 269 g/mol. The average Bonchev–Trinajstić information content (AvgIpc) is 2.14. The van der Waals surface area contributed by atoms with Gasteiger partial charge in [-0.2, -0.15) is 21.6 Å². The van der Waals surface area contributed by atoms with Crippen molar-refractivity contribution >= 4 is 10.1 Å². The van der Waals surface area contributed by atoms with Gasteiger partial charge in [-0.15, -0.1) is 0 Å². The summed E-state index contributed by atoms with van der Waals surface area (Å²) in [6, 6.07) is 0. The Labute approximate surface area is 106 Å². The van der Waals surface area contributed by atoms with Crippen LogP contribution in [0.5, 0.6) is 0 Å². The van der Waals surface area contributed by atoms with Gasteiger partial charge in [0, 0.05) is 0 Å². The molecule has 1 atom stereocenters. The molecule has 0 amide bonds. The van der Waals surface area contributed by atoms with E-state index in [-0.39, 0.29) is 11.7 Å². The third kappa shape index (κ3) is 6.28. The van der Waals surface area contributed by atoms with Crippen molar-refractivity contribution in [2.45, 2.75) is 52.0 Å². The van der Waals surface area contributed by atoms with Crippen molar-refractivity contribution in [3.05, 3.63) is 11.8 Å². The second-order valence-corrected chi connectivity index (χ2v) is 5.77. The van der Waals surface area contributed by atoms with E-state index in [0.29, 0.717) is 0 Å². The van der Waals surface area contributed by atoms with E-state index in [1.54, 1.807) is 0 Å². The van der Waals surface area contributed by atoms with Gasteiger partial charge in [0.05, 0.1) is 0 Å². The lowest BCUT2D eigenvalue weighted by molar-refractivity contribution is -0.0522. The highest BCUT2D eigenvalue weighted by molar-refractivity contribution is 7.87. The predicted octanol–water partition coefficient (Wildman–Crippen LogP) is 3.97. The standard InChI is InChI=1S/C11H19F3O3S/c1-4-5-6-7-9(2)8-10(3)17-18(15,16)11(12,13)14/h8-9H,4-7H2,1-3H3/b10-8+. The van der Waals surface area contributed by atoms with E-state index >= 15 is 0 Å². The number of halogens is 3. The first-order chi connectivity index (χ1) is 8.10. The number of unbranched alkanes of at least 4 members (excludes halogenated alkanes) is 2. The minimum atomic E-state index is -5.54. The van der Waals surface area contributed by atoms with Gasteiger partial charge >= 0.3 is 15.6 Å². The van der Waals surface area contributed by atoms with Crippen molar-refractivity contribution in [2.75, 3.05) is 0 Å². The van der Waals surface area contributed by atoms with Crippen LogP contribution < -0.4 is 0 Å². The second-order valence-electron chi connectivity index (χ2n) is 4.23. The molecule has 0 aromatic carbocycles. The Morgan fingerprint density at radius 3 is 2.33 bits per heavy atom. The maximum Gasteiger partial charge on any atom is 0.534 e. The van der Waals surface area contributed by atoms with E-state index in [0.717, 1.165) is 25.7 Å². The fourth-order valence-electron chi connectivity index (χ4n) is 1.45. The molecule has 0 radical (unpaired) electrons. The molecule has 1 unspecified atom stereocenters. The largest absolute Gasteiger partial charge is 0.534 e. The zero-order chi connectivity index (χ0) is 14.4. The molecule has 0 saturated carbocycles. The van der Waals surface area contributed by atoms with Crippen molar-refractivity contribution in [2.24, 2.45) is 5.92 Å². The van der Waals surface area contributed by atoms with Gasteiger partial charge in [-0.1, -0.05) is 33.1 Å². The van der Waals surface area contributed by atoms with Gasteiger partial charge in [0.2, 0.25) is 0 Å². The molecule has 0 spiro atoms. The molecule has 108 valence electrons. The maximum absolute atomic E-state index is 12.0. The topological polar surface area (TPSA) is 43.4 Å². The van der Waals surface area contributed by atoms with Crippen molar-refractivity contribution in [1.82, 2.24) is 0 Å².